The molecule has 0 spiro atoms. The second-order valence-electron chi connectivity index (χ2n) is 2.79. The second kappa shape index (κ2) is 5.68. The Labute approximate surface area is 97.2 Å². The number of amidine groups is 1. The molecular weight excluding hydrogens is 239 g/mol. The van der Waals surface area contributed by atoms with Gasteiger partial charge in [-0.05, 0) is 18.2 Å². The molecule has 0 atom stereocenters. The molecule has 0 aliphatic heterocycles. The van der Waals surface area contributed by atoms with Gasteiger partial charge < -0.3 is 15.7 Å². The van der Waals surface area contributed by atoms with E-state index in [0.717, 1.165) is 0 Å². The van der Waals surface area contributed by atoms with Crippen LogP contribution in [-0.2, 0) is 0 Å². The van der Waals surface area contributed by atoms with E-state index in [1.807, 2.05) is 0 Å². The predicted octanol–water partition coefficient (Wildman–Crippen LogP) is 2.51. The SMILES string of the molecule is N/C(CCOc1cc(Cl)cc(Cl)c1)=N\O. The van der Waals surface area contributed by atoms with Crippen LogP contribution in [0.2, 0.25) is 10.0 Å². The zero-order chi connectivity index (χ0) is 11.3. The highest BCUT2D eigenvalue weighted by Gasteiger charge is 2.00. The monoisotopic (exact) mass is 248 g/mol. The number of ether oxygens (including phenoxy) is 1. The normalized spacial score (nSPS) is 11.5. The Morgan fingerprint density at radius 1 is 1.33 bits per heavy atom. The maximum atomic E-state index is 8.29. The summed E-state index contributed by atoms with van der Waals surface area (Å²) in [6.07, 6.45) is 0.334. The minimum atomic E-state index is 0.114. The number of hydrogen-bond donors (Lipinski definition) is 2. The van der Waals surface area contributed by atoms with Gasteiger partial charge in [0, 0.05) is 16.5 Å². The van der Waals surface area contributed by atoms with Gasteiger partial charge >= 0.3 is 0 Å². The highest BCUT2D eigenvalue weighted by Crippen LogP contribution is 2.24. The van der Waals surface area contributed by atoms with Gasteiger partial charge in [0.2, 0.25) is 0 Å². The van der Waals surface area contributed by atoms with Crippen LogP contribution in [0, 0.1) is 0 Å². The van der Waals surface area contributed by atoms with Crippen LogP contribution in [-0.4, -0.2) is 17.6 Å². The summed E-state index contributed by atoms with van der Waals surface area (Å²) in [5.41, 5.74) is 5.26. The van der Waals surface area contributed by atoms with E-state index in [-0.39, 0.29) is 5.84 Å². The van der Waals surface area contributed by atoms with Crippen molar-refractivity contribution in [3.8, 4) is 5.75 Å². The van der Waals surface area contributed by atoms with Gasteiger partial charge in [-0.1, -0.05) is 28.4 Å². The van der Waals surface area contributed by atoms with Crippen LogP contribution in [0.4, 0.5) is 0 Å². The van der Waals surface area contributed by atoms with Crippen LogP contribution < -0.4 is 10.5 Å². The number of benzene rings is 1. The average molecular weight is 249 g/mol. The number of oxime groups is 1. The Morgan fingerprint density at radius 3 is 2.47 bits per heavy atom. The van der Waals surface area contributed by atoms with Gasteiger partial charge in [-0.3, -0.25) is 0 Å². The minimum Gasteiger partial charge on any atom is -0.493 e. The van der Waals surface area contributed by atoms with E-state index in [9.17, 15) is 0 Å². The third-order valence-corrected chi connectivity index (χ3v) is 2.03. The topological polar surface area (TPSA) is 67.8 Å². The van der Waals surface area contributed by atoms with Gasteiger partial charge in [0.15, 0.2) is 0 Å². The first-order chi connectivity index (χ1) is 7.11. The van der Waals surface area contributed by atoms with Gasteiger partial charge in [-0.25, -0.2) is 0 Å². The molecule has 0 aliphatic rings. The Hall–Kier alpha value is -1.13. The number of halogens is 2. The van der Waals surface area contributed by atoms with Gasteiger partial charge in [-0.2, -0.15) is 0 Å². The standard InChI is InChI=1S/C9H10Cl2N2O2/c10-6-3-7(11)5-8(4-6)15-2-1-9(12)13-14/h3-5,14H,1-2H2,(H2,12,13). The van der Waals surface area contributed by atoms with E-state index in [1.165, 1.54) is 0 Å². The van der Waals surface area contributed by atoms with E-state index in [2.05, 4.69) is 5.16 Å². The highest BCUT2D eigenvalue weighted by molar-refractivity contribution is 6.34. The van der Waals surface area contributed by atoms with Gasteiger partial charge in [0.1, 0.15) is 11.6 Å². The fourth-order valence-electron chi connectivity index (χ4n) is 0.935. The highest BCUT2D eigenvalue weighted by atomic mass is 35.5. The van der Waals surface area contributed by atoms with Crippen LogP contribution in [0.5, 0.6) is 5.75 Å². The molecule has 1 aromatic carbocycles. The molecule has 6 heteroatoms. The summed E-state index contributed by atoms with van der Waals surface area (Å²) in [6.45, 7) is 0.298. The molecule has 0 fully saturated rings. The molecule has 0 aliphatic carbocycles. The summed E-state index contributed by atoms with van der Waals surface area (Å²) in [7, 11) is 0. The lowest BCUT2D eigenvalue weighted by Crippen LogP contribution is -2.15. The van der Waals surface area contributed by atoms with Crippen molar-refractivity contribution in [2.45, 2.75) is 6.42 Å². The fraction of sp³-hybridized carbons (Fsp3) is 0.222. The molecule has 0 saturated carbocycles. The number of nitrogens with zero attached hydrogens (tertiary/aromatic N) is 1. The van der Waals surface area contributed by atoms with Crippen LogP contribution in [0.15, 0.2) is 23.4 Å². The van der Waals surface area contributed by atoms with E-state index < -0.39 is 0 Å². The molecule has 0 radical (unpaired) electrons. The smallest absolute Gasteiger partial charge is 0.142 e. The van der Waals surface area contributed by atoms with E-state index >= 15 is 0 Å². The van der Waals surface area contributed by atoms with E-state index in [1.54, 1.807) is 18.2 Å². The van der Waals surface area contributed by atoms with E-state index in [0.29, 0.717) is 28.8 Å². The van der Waals surface area contributed by atoms with Crippen LogP contribution in [0.25, 0.3) is 0 Å². The summed E-state index contributed by atoms with van der Waals surface area (Å²) in [6, 6.07) is 4.89. The molecule has 1 rings (SSSR count). The Balaban J connectivity index is 2.51. The summed E-state index contributed by atoms with van der Waals surface area (Å²) >= 11 is 11.5. The summed E-state index contributed by atoms with van der Waals surface area (Å²) in [5, 5.41) is 12.1. The van der Waals surface area contributed by atoms with Crippen molar-refractivity contribution in [2.24, 2.45) is 10.9 Å². The molecule has 0 bridgehead atoms. The van der Waals surface area contributed by atoms with Crippen LogP contribution >= 0.6 is 23.2 Å². The molecule has 0 unspecified atom stereocenters. The first-order valence-corrected chi connectivity index (χ1v) is 4.92. The predicted molar refractivity (Wildman–Crippen MR) is 60.0 cm³/mol. The van der Waals surface area contributed by atoms with Crippen LogP contribution in [0.3, 0.4) is 0 Å². The van der Waals surface area contributed by atoms with Gasteiger partial charge in [0.25, 0.3) is 0 Å². The Morgan fingerprint density at radius 2 is 1.93 bits per heavy atom. The zero-order valence-corrected chi connectivity index (χ0v) is 9.29. The molecule has 4 nitrogen and oxygen atoms in total. The van der Waals surface area contributed by atoms with Crippen molar-refractivity contribution in [3.05, 3.63) is 28.2 Å². The third-order valence-electron chi connectivity index (χ3n) is 1.59. The Bertz CT molecular complexity index is 349. The molecule has 1 aromatic rings. The first kappa shape index (κ1) is 11.9. The van der Waals surface area contributed by atoms with Crippen molar-refractivity contribution in [1.82, 2.24) is 0 Å². The molecule has 3 N–H and O–H groups in total. The molecular formula is C9H10Cl2N2O2. The third kappa shape index (κ3) is 4.27. The second-order valence-corrected chi connectivity index (χ2v) is 3.67. The molecule has 15 heavy (non-hydrogen) atoms. The number of hydrogen-bond acceptors (Lipinski definition) is 3. The molecule has 0 saturated heterocycles. The van der Waals surface area contributed by atoms with Gasteiger partial charge in [-0.15, -0.1) is 0 Å². The molecule has 82 valence electrons. The number of nitrogens with two attached hydrogens (primary N) is 1. The van der Waals surface area contributed by atoms with E-state index in [4.69, 9.17) is 38.9 Å². The largest absolute Gasteiger partial charge is 0.493 e. The van der Waals surface area contributed by atoms with Crippen LogP contribution in [0.1, 0.15) is 6.42 Å². The lowest BCUT2D eigenvalue weighted by atomic mass is 10.3. The van der Waals surface area contributed by atoms with Gasteiger partial charge in [0.05, 0.1) is 6.61 Å². The molecule has 0 aromatic heterocycles. The van der Waals surface area contributed by atoms with Crippen molar-refractivity contribution >= 4 is 29.0 Å². The maximum absolute atomic E-state index is 8.29. The molecule has 0 heterocycles. The first-order valence-electron chi connectivity index (χ1n) is 4.17. The Kier molecular flexibility index (Phi) is 4.52. The number of rotatable bonds is 4. The van der Waals surface area contributed by atoms with Crippen molar-refractivity contribution in [3.63, 3.8) is 0 Å². The van der Waals surface area contributed by atoms with Crippen molar-refractivity contribution < 1.29 is 9.94 Å². The fourth-order valence-corrected chi connectivity index (χ4v) is 1.44. The molecule has 0 amide bonds. The summed E-state index contributed by atoms with van der Waals surface area (Å²) in [5.74, 6) is 0.668. The quantitative estimate of drug-likeness (QED) is 0.373. The lowest BCUT2D eigenvalue weighted by Gasteiger charge is -2.06. The lowest BCUT2D eigenvalue weighted by molar-refractivity contribution is 0.305. The summed E-state index contributed by atoms with van der Waals surface area (Å²) < 4.78 is 5.30. The minimum absolute atomic E-state index is 0.114. The maximum Gasteiger partial charge on any atom is 0.142 e. The van der Waals surface area contributed by atoms with Crippen molar-refractivity contribution in [1.29, 1.82) is 0 Å². The summed E-state index contributed by atoms with van der Waals surface area (Å²) in [4.78, 5) is 0. The van der Waals surface area contributed by atoms with Crippen molar-refractivity contribution in [2.75, 3.05) is 6.61 Å². The average Bonchev–Trinajstić information content (AvgIpc) is 2.16. The zero-order valence-electron chi connectivity index (χ0n) is 7.78.